The zero-order chi connectivity index (χ0) is 21.2. The lowest BCUT2D eigenvalue weighted by Gasteiger charge is -2.26. The molecule has 1 nitrogen and oxygen atoms in total. The second kappa shape index (κ2) is 12.2. The smallest absolute Gasteiger partial charge is 0.0619 e. The second-order valence-electron chi connectivity index (χ2n) is 9.06. The molecule has 0 aliphatic rings. The summed E-state index contributed by atoms with van der Waals surface area (Å²) in [4.78, 5) is 0. The third-order valence-electron chi connectivity index (χ3n) is 5.63. The Kier molecular flexibility index (Phi) is 9.94. The zero-order valence-corrected chi connectivity index (χ0v) is 19.7. The molecule has 2 aromatic rings. The van der Waals surface area contributed by atoms with Gasteiger partial charge in [-0.2, -0.15) is 0 Å². The first kappa shape index (κ1) is 23.7. The fourth-order valence-corrected chi connectivity index (χ4v) is 4.47. The second-order valence-corrected chi connectivity index (χ2v) is 9.06. The van der Waals surface area contributed by atoms with Gasteiger partial charge < -0.3 is 4.74 Å². The van der Waals surface area contributed by atoms with Crippen LogP contribution in [0, 0.1) is 27.7 Å². The Labute approximate surface area is 179 Å². The summed E-state index contributed by atoms with van der Waals surface area (Å²) in [6.45, 7) is 13.3. The predicted octanol–water partition coefficient (Wildman–Crippen LogP) is 7.84. The number of benzene rings is 2. The third kappa shape index (κ3) is 8.74. The highest BCUT2D eigenvalue weighted by Gasteiger charge is 2.18. The van der Waals surface area contributed by atoms with Crippen LogP contribution < -0.4 is 0 Å². The molecule has 0 spiro atoms. The third-order valence-corrected chi connectivity index (χ3v) is 5.63. The van der Waals surface area contributed by atoms with E-state index >= 15 is 0 Å². The van der Waals surface area contributed by atoms with Crippen LogP contribution in [0.25, 0.3) is 0 Å². The monoisotopic (exact) mass is 394 g/mol. The van der Waals surface area contributed by atoms with Gasteiger partial charge in [0, 0.05) is 0 Å². The molecule has 29 heavy (non-hydrogen) atoms. The van der Waals surface area contributed by atoms with Crippen molar-refractivity contribution in [2.45, 2.75) is 105 Å². The summed E-state index contributed by atoms with van der Waals surface area (Å²) in [7, 11) is 0. The zero-order valence-electron chi connectivity index (χ0n) is 19.7. The lowest BCUT2D eigenvalue weighted by molar-refractivity contribution is -0.0213. The minimum Gasteiger partial charge on any atom is -0.374 e. The average molecular weight is 395 g/mol. The molecule has 0 fully saturated rings. The summed E-state index contributed by atoms with van der Waals surface area (Å²) in [6, 6.07) is 13.9. The van der Waals surface area contributed by atoms with Crippen molar-refractivity contribution in [2.24, 2.45) is 0 Å². The van der Waals surface area contributed by atoms with Crippen molar-refractivity contribution in [3.8, 4) is 0 Å². The van der Waals surface area contributed by atoms with E-state index in [-0.39, 0.29) is 0 Å². The van der Waals surface area contributed by atoms with Gasteiger partial charge in [0.1, 0.15) is 0 Å². The van der Waals surface area contributed by atoms with E-state index in [1.54, 1.807) is 0 Å². The van der Waals surface area contributed by atoms with E-state index in [1.165, 1.54) is 59.1 Å². The summed E-state index contributed by atoms with van der Waals surface area (Å²) in [6.07, 6.45) is 9.90. The van der Waals surface area contributed by atoms with Crippen molar-refractivity contribution >= 4 is 0 Å². The van der Waals surface area contributed by atoms with Crippen LogP contribution in [0.4, 0.5) is 0 Å². The van der Waals surface area contributed by atoms with Crippen LogP contribution in [0.5, 0.6) is 0 Å². The lowest BCUT2D eigenvalue weighted by atomic mass is 9.97. The molecule has 0 bridgehead atoms. The topological polar surface area (TPSA) is 9.23 Å². The van der Waals surface area contributed by atoms with Crippen molar-refractivity contribution in [2.75, 3.05) is 0 Å². The normalized spacial score (nSPS) is 13.4. The first-order valence-electron chi connectivity index (χ1n) is 11.7. The van der Waals surface area contributed by atoms with E-state index in [1.807, 2.05) is 0 Å². The highest BCUT2D eigenvalue weighted by Crippen LogP contribution is 2.22. The van der Waals surface area contributed by atoms with Crippen LogP contribution in [0.3, 0.4) is 0 Å². The van der Waals surface area contributed by atoms with E-state index in [2.05, 4.69) is 77.9 Å². The maximum absolute atomic E-state index is 6.82. The van der Waals surface area contributed by atoms with Crippen LogP contribution in [0.1, 0.15) is 85.8 Å². The Morgan fingerprint density at radius 2 is 0.931 bits per heavy atom. The van der Waals surface area contributed by atoms with E-state index in [0.717, 1.165) is 25.7 Å². The molecule has 2 unspecified atom stereocenters. The average Bonchev–Trinajstić information content (AvgIpc) is 2.62. The lowest BCUT2D eigenvalue weighted by Crippen LogP contribution is -2.26. The van der Waals surface area contributed by atoms with Gasteiger partial charge in [-0.25, -0.2) is 0 Å². The highest BCUT2D eigenvalue weighted by molar-refractivity contribution is 5.30. The molecule has 0 saturated carbocycles. The number of hydrogen-bond donors (Lipinski definition) is 0. The number of unbranched alkanes of at least 4 members (excludes halogenated alkanes) is 2. The molecule has 2 rings (SSSR count). The van der Waals surface area contributed by atoms with Gasteiger partial charge in [0.25, 0.3) is 0 Å². The molecule has 0 amide bonds. The maximum atomic E-state index is 6.82. The van der Waals surface area contributed by atoms with E-state index in [0.29, 0.717) is 12.2 Å². The van der Waals surface area contributed by atoms with Crippen LogP contribution in [0.2, 0.25) is 0 Å². The molecule has 2 aromatic carbocycles. The fraction of sp³-hybridized carbons (Fsp3) is 0.571. The first-order chi connectivity index (χ1) is 13.9. The standard InChI is InChI=1S/C28H42O/c1-7-9-11-27(19-25-15-21(3)13-22(4)16-25)29-28(12-10-8-2)20-26-17-23(5)14-24(6)18-26/h13-18,27-28H,7-12,19-20H2,1-6H3. The van der Waals surface area contributed by atoms with Gasteiger partial charge in [0.05, 0.1) is 12.2 Å². The Morgan fingerprint density at radius 1 is 0.586 bits per heavy atom. The van der Waals surface area contributed by atoms with Gasteiger partial charge in [0.2, 0.25) is 0 Å². The molecule has 0 saturated heterocycles. The van der Waals surface area contributed by atoms with Gasteiger partial charge in [-0.1, -0.05) is 98.2 Å². The van der Waals surface area contributed by atoms with Crippen LogP contribution in [-0.2, 0) is 17.6 Å². The van der Waals surface area contributed by atoms with Crippen molar-refractivity contribution in [1.82, 2.24) is 0 Å². The molecule has 0 aliphatic heterocycles. The summed E-state index contributed by atoms with van der Waals surface area (Å²) >= 11 is 0. The molecule has 0 heterocycles. The Morgan fingerprint density at radius 3 is 1.24 bits per heavy atom. The van der Waals surface area contributed by atoms with Gasteiger partial charge in [-0.3, -0.25) is 0 Å². The van der Waals surface area contributed by atoms with E-state index < -0.39 is 0 Å². The van der Waals surface area contributed by atoms with Crippen LogP contribution in [-0.4, -0.2) is 12.2 Å². The molecule has 160 valence electrons. The molecule has 0 aromatic heterocycles. The summed E-state index contributed by atoms with van der Waals surface area (Å²) in [5, 5.41) is 0. The fourth-order valence-electron chi connectivity index (χ4n) is 4.47. The summed E-state index contributed by atoms with van der Waals surface area (Å²) in [5.74, 6) is 0. The summed E-state index contributed by atoms with van der Waals surface area (Å²) in [5.41, 5.74) is 8.26. The van der Waals surface area contributed by atoms with E-state index in [4.69, 9.17) is 4.74 Å². The minimum atomic E-state index is 0.309. The minimum absolute atomic E-state index is 0.309. The van der Waals surface area contributed by atoms with Crippen LogP contribution in [0.15, 0.2) is 36.4 Å². The Hall–Kier alpha value is -1.60. The van der Waals surface area contributed by atoms with Crippen LogP contribution >= 0.6 is 0 Å². The summed E-state index contributed by atoms with van der Waals surface area (Å²) < 4.78 is 6.82. The predicted molar refractivity (Wildman–Crippen MR) is 127 cm³/mol. The molecule has 1 heteroatoms. The number of aryl methyl sites for hydroxylation is 4. The Balaban J connectivity index is 2.14. The SMILES string of the molecule is CCCCC(Cc1cc(C)cc(C)c1)OC(CCCC)Cc1cc(C)cc(C)c1. The molecule has 0 radical (unpaired) electrons. The number of ether oxygens (including phenoxy) is 1. The largest absolute Gasteiger partial charge is 0.374 e. The molecular weight excluding hydrogens is 352 g/mol. The number of hydrogen-bond acceptors (Lipinski definition) is 1. The van der Waals surface area contributed by atoms with Crippen molar-refractivity contribution in [3.05, 3.63) is 69.8 Å². The Bertz CT molecular complexity index is 642. The van der Waals surface area contributed by atoms with Gasteiger partial charge >= 0.3 is 0 Å². The van der Waals surface area contributed by atoms with Crippen molar-refractivity contribution in [1.29, 1.82) is 0 Å². The van der Waals surface area contributed by atoms with Crippen molar-refractivity contribution < 1.29 is 4.74 Å². The first-order valence-corrected chi connectivity index (χ1v) is 11.7. The molecule has 2 atom stereocenters. The van der Waals surface area contributed by atoms with Gasteiger partial charge in [-0.15, -0.1) is 0 Å². The molecule has 0 aliphatic carbocycles. The number of rotatable bonds is 12. The molecule has 0 N–H and O–H groups in total. The highest BCUT2D eigenvalue weighted by atomic mass is 16.5. The van der Waals surface area contributed by atoms with Gasteiger partial charge in [-0.05, 0) is 64.5 Å². The quantitative estimate of drug-likeness (QED) is 0.356. The van der Waals surface area contributed by atoms with Gasteiger partial charge in [0.15, 0.2) is 0 Å². The molecular formula is C28H42O. The maximum Gasteiger partial charge on any atom is 0.0619 e. The van der Waals surface area contributed by atoms with E-state index in [9.17, 15) is 0 Å². The van der Waals surface area contributed by atoms with Crippen molar-refractivity contribution in [3.63, 3.8) is 0 Å².